The average Bonchev–Trinajstić information content (AvgIpc) is 3.05. The molecule has 20 heavy (non-hydrogen) atoms. The number of carbonyl (C=O) groups is 1. The van der Waals surface area contributed by atoms with Gasteiger partial charge in [-0.05, 0) is 31.2 Å². The minimum Gasteiger partial charge on any atom is -0.361 e. The van der Waals surface area contributed by atoms with E-state index in [1.54, 1.807) is 11.9 Å². The highest BCUT2D eigenvalue weighted by Crippen LogP contribution is 2.15. The van der Waals surface area contributed by atoms with Gasteiger partial charge in [0.2, 0.25) is 0 Å². The van der Waals surface area contributed by atoms with E-state index in [1.165, 1.54) is 0 Å². The minimum absolute atomic E-state index is 0.0458. The van der Waals surface area contributed by atoms with Crippen LogP contribution in [0, 0.1) is 6.92 Å². The topological polar surface area (TPSA) is 77.7 Å². The molecule has 1 aromatic carbocycles. The van der Waals surface area contributed by atoms with Crippen LogP contribution in [-0.2, 0) is 6.54 Å². The maximum Gasteiger partial charge on any atom is 0.254 e. The van der Waals surface area contributed by atoms with Gasteiger partial charge in [-0.15, -0.1) is 0 Å². The third-order valence-electron chi connectivity index (χ3n) is 3.17. The molecule has 0 aliphatic carbocycles. The van der Waals surface area contributed by atoms with Crippen LogP contribution in [0.5, 0.6) is 0 Å². The number of carbonyl (C=O) groups excluding carboxylic acids is 1. The van der Waals surface area contributed by atoms with E-state index in [2.05, 4.69) is 20.2 Å². The Balaban J connectivity index is 1.80. The number of nitrogens with one attached hydrogen (secondary N) is 2. The van der Waals surface area contributed by atoms with Gasteiger partial charge in [0.05, 0.1) is 6.54 Å². The Kier molecular flexibility index (Phi) is 2.98. The van der Waals surface area contributed by atoms with Crippen LogP contribution in [-0.4, -0.2) is 38.0 Å². The van der Waals surface area contributed by atoms with Gasteiger partial charge < -0.3 is 9.88 Å². The number of amides is 1. The number of hydrogen-bond acceptors (Lipinski definition) is 3. The SMILES string of the molecule is Cc1nc(CN(C)C(=O)c2ccc3[nH]ccc3c2)n[nH]1. The number of hydrogen-bond donors (Lipinski definition) is 2. The number of aromatic amines is 2. The Bertz CT molecular complexity index is 758. The molecule has 2 N–H and O–H groups in total. The maximum absolute atomic E-state index is 12.4. The third-order valence-corrected chi connectivity index (χ3v) is 3.17. The van der Waals surface area contributed by atoms with E-state index in [0.29, 0.717) is 17.9 Å². The fourth-order valence-electron chi connectivity index (χ4n) is 2.15. The van der Waals surface area contributed by atoms with Gasteiger partial charge >= 0.3 is 0 Å². The number of fused-ring (bicyclic) bond motifs is 1. The summed E-state index contributed by atoms with van der Waals surface area (Å²) in [4.78, 5) is 21.3. The molecule has 0 saturated carbocycles. The van der Waals surface area contributed by atoms with Crippen molar-refractivity contribution in [1.29, 1.82) is 0 Å². The van der Waals surface area contributed by atoms with Gasteiger partial charge in [-0.1, -0.05) is 0 Å². The summed E-state index contributed by atoms with van der Waals surface area (Å²) in [5, 5.41) is 7.83. The first-order valence-corrected chi connectivity index (χ1v) is 6.34. The molecule has 3 rings (SSSR count). The Morgan fingerprint density at radius 2 is 2.20 bits per heavy atom. The Morgan fingerprint density at radius 1 is 1.35 bits per heavy atom. The summed E-state index contributed by atoms with van der Waals surface area (Å²) in [6, 6.07) is 7.56. The molecule has 6 heteroatoms. The van der Waals surface area contributed by atoms with Gasteiger partial charge in [-0.25, -0.2) is 4.98 Å². The number of rotatable bonds is 3. The van der Waals surface area contributed by atoms with Gasteiger partial charge in [-0.3, -0.25) is 9.89 Å². The predicted octanol–water partition coefficient (Wildman–Crippen LogP) is 1.87. The summed E-state index contributed by atoms with van der Waals surface area (Å²) < 4.78 is 0. The first-order valence-electron chi connectivity index (χ1n) is 6.34. The molecule has 0 radical (unpaired) electrons. The molecule has 2 heterocycles. The molecule has 3 aromatic rings. The van der Waals surface area contributed by atoms with E-state index >= 15 is 0 Å². The zero-order valence-electron chi connectivity index (χ0n) is 11.3. The lowest BCUT2D eigenvalue weighted by molar-refractivity contribution is 0.0782. The van der Waals surface area contributed by atoms with E-state index in [1.807, 2.05) is 37.4 Å². The quantitative estimate of drug-likeness (QED) is 0.762. The van der Waals surface area contributed by atoms with Crippen molar-refractivity contribution in [2.45, 2.75) is 13.5 Å². The van der Waals surface area contributed by atoms with Crippen LogP contribution in [0.1, 0.15) is 22.0 Å². The van der Waals surface area contributed by atoms with E-state index in [9.17, 15) is 4.79 Å². The van der Waals surface area contributed by atoms with Crippen LogP contribution in [0.15, 0.2) is 30.5 Å². The van der Waals surface area contributed by atoms with Crippen LogP contribution >= 0.6 is 0 Å². The highest BCUT2D eigenvalue weighted by molar-refractivity contribution is 5.97. The summed E-state index contributed by atoms with van der Waals surface area (Å²) in [6.07, 6.45) is 1.86. The van der Waals surface area contributed by atoms with Gasteiger partial charge in [0.1, 0.15) is 5.82 Å². The molecule has 6 nitrogen and oxygen atoms in total. The van der Waals surface area contributed by atoms with Crippen LogP contribution < -0.4 is 0 Å². The second kappa shape index (κ2) is 4.80. The molecule has 0 atom stereocenters. The summed E-state index contributed by atoms with van der Waals surface area (Å²) >= 11 is 0. The van der Waals surface area contributed by atoms with Gasteiger partial charge in [0, 0.05) is 29.7 Å². The van der Waals surface area contributed by atoms with Crippen molar-refractivity contribution in [2.24, 2.45) is 0 Å². The molecule has 0 spiro atoms. The molecule has 0 unspecified atom stereocenters. The lowest BCUT2D eigenvalue weighted by Gasteiger charge is -2.15. The van der Waals surface area contributed by atoms with Crippen LogP contribution in [0.4, 0.5) is 0 Å². The molecule has 102 valence electrons. The predicted molar refractivity (Wildman–Crippen MR) is 75.2 cm³/mol. The molecule has 2 aromatic heterocycles. The van der Waals surface area contributed by atoms with Crippen molar-refractivity contribution in [3.63, 3.8) is 0 Å². The number of H-pyrrole nitrogens is 2. The molecular weight excluding hydrogens is 254 g/mol. The second-order valence-corrected chi connectivity index (χ2v) is 4.78. The largest absolute Gasteiger partial charge is 0.361 e. The standard InChI is InChI=1S/C14H15N5O/c1-9-16-13(18-17-9)8-19(2)14(20)11-3-4-12-10(7-11)5-6-15-12/h3-7,15H,8H2,1-2H3,(H,16,17,18). The molecular formula is C14H15N5O. The first kappa shape index (κ1) is 12.4. The van der Waals surface area contributed by atoms with Gasteiger partial charge in [-0.2, -0.15) is 5.10 Å². The van der Waals surface area contributed by atoms with Crippen molar-refractivity contribution < 1.29 is 4.79 Å². The lowest BCUT2D eigenvalue weighted by atomic mass is 10.1. The van der Waals surface area contributed by atoms with E-state index in [4.69, 9.17) is 0 Å². The third kappa shape index (κ3) is 2.27. The molecule has 0 aliphatic heterocycles. The summed E-state index contributed by atoms with van der Waals surface area (Å²) in [5.41, 5.74) is 1.68. The van der Waals surface area contributed by atoms with Gasteiger partial charge in [0.15, 0.2) is 5.82 Å². The fourth-order valence-corrected chi connectivity index (χ4v) is 2.15. The zero-order valence-corrected chi connectivity index (χ0v) is 11.3. The summed E-state index contributed by atoms with van der Waals surface area (Å²) in [5.74, 6) is 1.31. The molecule has 0 saturated heterocycles. The first-order chi connectivity index (χ1) is 9.63. The monoisotopic (exact) mass is 269 g/mol. The van der Waals surface area contributed by atoms with Crippen molar-refractivity contribution in [3.8, 4) is 0 Å². The number of nitrogens with zero attached hydrogens (tertiary/aromatic N) is 3. The van der Waals surface area contributed by atoms with E-state index in [0.717, 1.165) is 16.7 Å². The smallest absolute Gasteiger partial charge is 0.254 e. The molecule has 0 aliphatic rings. The van der Waals surface area contributed by atoms with E-state index < -0.39 is 0 Å². The van der Waals surface area contributed by atoms with Crippen molar-refractivity contribution in [2.75, 3.05) is 7.05 Å². The zero-order chi connectivity index (χ0) is 14.1. The number of aryl methyl sites for hydroxylation is 1. The van der Waals surface area contributed by atoms with Crippen molar-refractivity contribution in [3.05, 3.63) is 47.7 Å². The minimum atomic E-state index is -0.0458. The van der Waals surface area contributed by atoms with Crippen molar-refractivity contribution in [1.82, 2.24) is 25.1 Å². The lowest BCUT2D eigenvalue weighted by Crippen LogP contribution is -2.26. The number of benzene rings is 1. The Hall–Kier alpha value is -2.63. The normalized spacial score (nSPS) is 10.9. The highest BCUT2D eigenvalue weighted by atomic mass is 16.2. The fraction of sp³-hybridized carbons (Fsp3) is 0.214. The van der Waals surface area contributed by atoms with Crippen LogP contribution in [0.2, 0.25) is 0 Å². The molecule has 0 fully saturated rings. The van der Waals surface area contributed by atoms with Crippen molar-refractivity contribution >= 4 is 16.8 Å². The van der Waals surface area contributed by atoms with Gasteiger partial charge in [0.25, 0.3) is 5.91 Å². The average molecular weight is 269 g/mol. The molecule has 1 amide bonds. The molecule has 0 bridgehead atoms. The second-order valence-electron chi connectivity index (χ2n) is 4.78. The van der Waals surface area contributed by atoms with Crippen LogP contribution in [0.25, 0.3) is 10.9 Å². The summed E-state index contributed by atoms with van der Waals surface area (Å²) in [6.45, 7) is 2.21. The van der Waals surface area contributed by atoms with E-state index in [-0.39, 0.29) is 5.91 Å². The maximum atomic E-state index is 12.4. The Labute approximate surface area is 115 Å². The summed E-state index contributed by atoms with van der Waals surface area (Å²) in [7, 11) is 1.75. The Morgan fingerprint density at radius 3 is 2.95 bits per heavy atom. The highest BCUT2D eigenvalue weighted by Gasteiger charge is 2.14. The van der Waals surface area contributed by atoms with Crippen LogP contribution in [0.3, 0.4) is 0 Å². The number of aromatic nitrogens is 4.